The van der Waals surface area contributed by atoms with Crippen molar-refractivity contribution in [3.05, 3.63) is 48.7 Å². The Labute approximate surface area is 146 Å². The number of pyridine rings is 1. The minimum absolute atomic E-state index is 0. The lowest BCUT2D eigenvalue weighted by Gasteiger charge is -2.23. The average molecular weight is 351 g/mol. The van der Waals surface area contributed by atoms with Crippen molar-refractivity contribution in [2.24, 2.45) is 0 Å². The van der Waals surface area contributed by atoms with E-state index < -0.39 is 6.23 Å². The number of aromatic nitrogens is 3. The van der Waals surface area contributed by atoms with E-state index in [9.17, 15) is 5.11 Å². The Kier molecular flexibility index (Phi) is 6.30. The van der Waals surface area contributed by atoms with Crippen molar-refractivity contribution < 1.29 is 9.84 Å². The van der Waals surface area contributed by atoms with Gasteiger partial charge >= 0.3 is 0 Å². The van der Waals surface area contributed by atoms with Crippen LogP contribution in [0.1, 0.15) is 5.56 Å². The van der Waals surface area contributed by atoms with Crippen LogP contribution in [0.3, 0.4) is 0 Å². The summed E-state index contributed by atoms with van der Waals surface area (Å²) in [5.74, 6) is 1.22. The standard InChI is InChI=1S/C15H18N6O2.ClH/c1-23-6-5-17-13-7-14(19-10-18-13)21-15(22)12(9-20-21)11-3-2-4-16-8-11;/h2-4,7-10,15,20,22H,5-6H2,1H3,(H,17,18,19);1H. The molecule has 0 aromatic carbocycles. The molecule has 0 spiro atoms. The molecule has 0 radical (unpaired) electrons. The molecule has 0 saturated carbocycles. The van der Waals surface area contributed by atoms with E-state index in [0.29, 0.717) is 24.8 Å². The van der Waals surface area contributed by atoms with Crippen LogP contribution in [0.4, 0.5) is 11.6 Å². The van der Waals surface area contributed by atoms with Crippen molar-refractivity contribution in [1.82, 2.24) is 20.4 Å². The third kappa shape index (κ3) is 3.91. The van der Waals surface area contributed by atoms with Crippen molar-refractivity contribution in [3.8, 4) is 0 Å². The second-order valence-corrected chi connectivity index (χ2v) is 4.90. The van der Waals surface area contributed by atoms with Crippen LogP contribution in [0.5, 0.6) is 0 Å². The molecule has 128 valence electrons. The molecule has 0 fully saturated rings. The number of hydrogen-bond donors (Lipinski definition) is 3. The summed E-state index contributed by atoms with van der Waals surface area (Å²) in [5, 5.41) is 15.2. The van der Waals surface area contributed by atoms with E-state index in [4.69, 9.17) is 4.74 Å². The number of nitrogens with zero attached hydrogens (tertiary/aromatic N) is 4. The van der Waals surface area contributed by atoms with E-state index in [1.54, 1.807) is 36.8 Å². The Morgan fingerprint density at radius 3 is 3.04 bits per heavy atom. The van der Waals surface area contributed by atoms with Crippen LogP contribution < -0.4 is 15.8 Å². The second kappa shape index (κ2) is 8.44. The first-order chi connectivity index (χ1) is 11.3. The fourth-order valence-electron chi connectivity index (χ4n) is 2.24. The van der Waals surface area contributed by atoms with E-state index in [-0.39, 0.29) is 12.4 Å². The van der Waals surface area contributed by atoms with Gasteiger partial charge < -0.3 is 20.6 Å². The summed E-state index contributed by atoms with van der Waals surface area (Å²) < 4.78 is 4.99. The molecule has 3 N–H and O–H groups in total. The highest BCUT2D eigenvalue weighted by molar-refractivity contribution is 5.85. The SMILES string of the molecule is COCCNc1cc(N2NC=C(c3cccnc3)C2O)ncn1.Cl. The zero-order chi connectivity index (χ0) is 16.1. The molecule has 1 aliphatic rings. The first-order valence-electron chi connectivity index (χ1n) is 7.18. The maximum absolute atomic E-state index is 10.5. The lowest BCUT2D eigenvalue weighted by Crippen LogP contribution is -2.39. The van der Waals surface area contributed by atoms with Crippen LogP contribution in [0.15, 0.2) is 43.1 Å². The molecule has 1 unspecified atom stereocenters. The molecule has 24 heavy (non-hydrogen) atoms. The number of aliphatic hydroxyl groups excluding tert-OH is 1. The van der Waals surface area contributed by atoms with Crippen LogP contribution >= 0.6 is 12.4 Å². The van der Waals surface area contributed by atoms with Gasteiger partial charge in [-0.15, -0.1) is 12.4 Å². The number of anilines is 2. The lowest BCUT2D eigenvalue weighted by atomic mass is 10.1. The van der Waals surface area contributed by atoms with Gasteiger partial charge in [-0.05, 0) is 6.07 Å². The van der Waals surface area contributed by atoms with Crippen molar-refractivity contribution in [2.45, 2.75) is 6.23 Å². The minimum atomic E-state index is -0.860. The molecule has 8 nitrogen and oxygen atoms in total. The zero-order valence-corrected chi connectivity index (χ0v) is 13.9. The molecule has 3 heterocycles. The third-order valence-electron chi connectivity index (χ3n) is 3.39. The summed E-state index contributed by atoms with van der Waals surface area (Å²) in [6.07, 6.45) is 5.72. The predicted octanol–water partition coefficient (Wildman–Crippen LogP) is 1.04. The van der Waals surface area contributed by atoms with Gasteiger partial charge in [-0.3, -0.25) is 4.98 Å². The molecule has 0 bridgehead atoms. The molecule has 0 saturated heterocycles. The molecular formula is C15H19ClN6O2. The van der Waals surface area contributed by atoms with Gasteiger partial charge in [0.05, 0.1) is 6.61 Å². The number of hydrogen-bond acceptors (Lipinski definition) is 8. The molecule has 1 aliphatic heterocycles. The highest BCUT2D eigenvalue weighted by Gasteiger charge is 2.27. The Morgan fingerprint density at radius 2 is 2.29 bits per heavy atom. The summed E-state index contributed by atoms with van der Waals surface area (Å²) in [5.41, 5.74) is 4.59. The summed E-state index contributed by atoms with van der Waals surface area (Å²) in [7, 11) is 1.64. The van der Waals surface area contributed by atoms with Crippen LogP contribution in [-0.2, 0) is 4.74 Å². The van der Waals surface area contributed by atoms with Gasteiger partial charge in [0.2, 0.25) is 0 Å². The summed E-state index contributed by atoms with van der Waals surface area (Å²) in [6, 6.07) is 5.48. The molecule has 0 amide bonds. The number of nitrogens with one attached hydrogen (secondary N) is 2. The van der Waals surface area contributed by atoms with E-state index in [1.165, 1.54) is 6.33 Å². The second-order valence-electron chi connectivity index (χ2n) is 4.90. The number of ether oxygens (including phenoxy) is 1. The first kappa shape index (κ1) is 17.9. The van der Waals surface area contributed by atoms with E-state index in [1.807, 2.05) is 12.1 Å². The quantitative estimate of drug-likeness (QED) is 0.665. The zero-order valence-electron chi connectivity index (χ0n) is 13.1. The van der Waals surface area contributed by atoms with Crippen LogP contribution in [0, 0.1) is 0 Å². The Balaban J connectivity index is 0.00000208. The van der Waals surface area contributed by atoms with E-state index in [2.05, 4.69) is 25.7 Å². The molecule has 3 rings (SSSR count). The summed E-state index contributed by atoms with van der Waals surface area (Å²) >= 11 is 0. The molecule has 0 aliphatic carbocycles. The van der Waals surface area contributed by atoms with Gasteiger partial charge in [0.25, 0.3) is 0 Å². The van der Waals surface area contributed by atoms with Gasteiger partial charge in [-0.1, -0.05) is 6.07 Å². The Hall–Kier alpha value is -2.42. The third-order valence-corrected chi connectivity index (χ3v) is 3.39. The molecule has 9 heteroatoms. The highest BCUT2D eigenvalue weighted by atomic mass is 35.5. The van der Waals surface area contributed by atoms with Gasteiger partial charge in [0.1, 0.15) is 12.1 Å². The first-order valence-corrected chi connectivity index (χ1v) is 7.18. The van der Waals surface area contributed by atoms with Crippen LogP contribution in [0.2, 0.25) is 0 Å². The Bertz CT molecular complexity index is 685. The summed E-state index contributed by atoms with van der Waals surface area (Å²) in [4.78, 5) is 12.4. The Morgan fingerprint density at radius 1 is 1.42 bits per heavy atom. The van der Waals surface area contributed by atoms with Crippen LogP contribution in [0.25, 0.3) is 5.57 Å². The predicted molar refractivity (Wildman–Crippen MR) is 93.5 cm³/mol. The topological polar surface area (TPSA) is 95.4 Å². The van der Waals surface area contributed by atoms with Crippen molar-refractivity contribution in [3.63, 3.8) is 0 Å². The van der Waals surface area contributed by atoms with Crippen molar-refractivity contribution in [2.75, 3.05) is 30.6 Å². The average Bonchev–Trinajstić information content (AvgIpc) is 2.98. The smallest absolute Gasteiger partial charge is 0.175 e. The van der Waals surface area contributed by atoms with E-state index >= 15 is 0 Å². The molecule has 1 atom stereocenters. The normalized spacial score (nSPS) is 16.2. The number of hydrazine groups is 1. The van der Waals surface area contributed by atoms with Gasteiger partial charge in [-0.2, -0.15) is 0 Å². The summed E-state index contributed by atoms with van der Waals surface area (Å²) in [6.45, 7) is 1.22. The van der Waals surface area contributed by atoms with E-state index in [0.717, 1.165) is 11.1 Å². The highest BCUT2D eigenvalue weighted by Crippen LogP contribution is 2.27. The fourth-order valence-corrected chi connectivity index (χ4v) is 2.24. The number of rotatable bonds is 6. The lowest BCUT2D eigenvalue weighted by molar-refractivity contribution is 0.210. The van der Waals surface area contributed by atoms with Gasteiger partial charge in [0, 0.05) is 49.5 Å². The van der Waals surface area contributed by atoms with Gasteiger partial charge in [0.15, 0.2) is 12.0 Å². The molecule has 2 aromatic heterocycles. The van der Waals surface area contributed by atoms with Crippen molar-refractivity contribution >= 4 is 29.6 Å². The molecule has 2 aromatic rings. The number of aliphatic hydroxyl groups is 1. The maximum atomic E-state index is 10.5. The fraction of sp³-hybridized carbons (Fsp3) is 0.267. The maximum Gasteiger partial charge on any atom is 0.175 e. The van der Waals surface area contributed by atoms with Crippen molar-refractivity contribution in [1.29, 1.82) is 0 Å². The minimum Gasteiger partial charge on any atom is -0.383 e. The largest absolute Gasteiger partial charge is 0.383 e. The number of methoxy groups -OCH3 is 1. The van der Waals surface area contributed by atoms with Gasteiger partial charge in [-0.25, -0.2) is 15.0 Å². The number of halogens is 1. The van der Waals surface area contributed by atoms with Crippen LogP contribution in [-0.4, -0.2) is 46.5 Å². The molecular weight excluding hydrogens is 332 g/mol. The monoisotopic (exact) mass is 350 g/mol.